The molecule has 5 heteroatoms. The van der Waals surface area contributed by atoms with Crippen LogP contribution in [0.4, 0.5) is 11.4 Å². The number of benzene rings is 1. The second-order valence-corrected chi connectivity index (χ2v) is 5.77. The number of nitrogens with two attached hydrogens (primary N) is 1. The van der Waals surface area contributed by atoms with Gasteiger partial charge in [-0.1, -0.05) is 0 Å². The number of carboxylic acid groups (broad SMARTS) is 1. The second-order valence-electron chi connectivity index (χ2n) is 5.77. The number of carboxylic acids is 1. The van der Waals surface area contributed by atoms with E-state index in [1.807, 2.05) is 13.0 Å². The van der Waals surface area contributed by atoms with E-state index in [-0.39, 0.29) is 17.7 Å². The van der Waals surface area contributed by atoms with Crippen molar-refractivity contribution in [2.45, 2.75) is 38.3 Å². The van der Waals surface area contributed by atoms with Gasteiger partial charge < -0.3 is 20.9 Å². The number of carbonyl (C=O) groups is 1. The van der Waals surface area contributed by atoms with Crippen LogP contribution in [0.5, 0.6) is 0 Å². The van der Waals surface area contributed by atoms with Gasteiger partial charge in [0.05, 0.1) is 17.7 Å². The minimum atomic E-state index is -0.990. The molecule has 1 aliphatic carbocycles. The van der Waals surface area contributed by atoms with Crippen molar-refractivity contribution in [3.8, 4) is 0 Å². The molecule has 2 aliphatic rings. The van der Waals surface area contributed by atoms with Gasteiger partial charge in [-0.15, -0.1) is 0 Å². The molecular weight excluding hydrogens is 256 g/mol. The molecule has 0 spiro atoms. The van der Waals surface area contributed by atoms with Crippen molar-refractivity contribution >= 4 is 17.3 Å². The second kappa shape index (κ2) is 4.98. The molecule has 2 atom stereocenters. The highest BCUT2D eigenvalue weighted by molar-refractivity contribution is 5.95. The molecule has 0 radical (unpaired) electrons. The van der Waals surface area contributed by atoms with Crippen LogP contribution in [-0.4, -0.2) is 29.8 Å². The lowest BCUT2D eigenvalue weighted by molar-refractivity contribution is 0.0698. The summed E-state index contributed by atoms with van der Waals surface area (Å²) in [4.78, 5) is 11.2. The first-order valence-electron chi connectivity index (χ1n) is 7.08. The van der Waals surface area contributed by atoms with E-state index in [1.165, 1.54) is 12.8 Å². The number of nitrogen functional groups attached to an aromatic ring is 1. The molecule has 1 saturated carbocycles. The number of nitrogens with one attached hydrogen (secondary N) is 1. The Morgan fingerprint density at radius 2 is 2.15 bits per heavy atom. The molecule has 3 rings (SSSR count). The van der Waals surface area contributed by atoms with Gasteiger partial charge in [-0.05, 0) is 49.8 Å². The standard InChI is InChI=1S/C15H20N2O3/c1-8-6-10(7-11(13(8)16)15(18)19)17-12-4-5-20-14(12)9-2-3-9/h6-7,9,12,14,17H,2-5,16H2,1H3,(H,18,19). The predicted molar refractivity (Wildman–Crippen MR) is 77.0 cm³/mol. The highest BCUT2D eigenvalue weighted by Gasteiger charge is 2.40. The Morgan fingerprint density at radius 3 is 2.80 bits per heavy atom. The molecule has 4 N–H and O–H groups in total. The van der Waals surface area contributed by atoms with Crippen molar-refractivity contribution in [2.24, 2.45) is 5.92 Å². The normalized spacial score (nSPS) is 25.6. The zero-order chi connectivity index (χ0) is 14.3. The van der Waals surface area contributed by atoms with E-state index in [4.69, 9.17) is 10.5 Å². The maximum Gasteiger partial charge on any atom is 0.337 e. The fourth-order valence-corrected chi connectivity index (χ4v) is 2.93. The third-order valence-electron chi connectivity index (χ3n) is 4.19. The fourth-order valence-electron chi connectivity index (χ4n) is 2.93. The van der Waals surface area contributed by atoms with Gasteiger partial charge >= 0.3 is 5.97 Å². The van der Waals surface area contributed by atoms with E-state index < -0.39 is 5.97 Å². The summed E-state index contributed by atoms with van der Waals surface area (Å²) in [6.45, 7) is 2.61. The van der Waals surface area contributed by atoms with E-state index in [9.17, 15) is 9.90 Å². The lowest BCUT2D eigenvalue weighted by Gasteiger charge is -2.21. The zero-order valence-corrected chi connectivity index (χ0v) is 11.6. The number of hydrogen-bond donors (Lipinski definition) is 3. The van der Waals surface area contributed by atoms with Gasteiger partial charge in [0.1, 0.15) is 0 Å². The highest BCUT2D eigenvalue weighted by Crippen LogP contribution is 2.39. The average molecular weight is 276 g/mol. The Hall–Kier alpha value is -1.75. The summed E-state index contributed by atoms with van der Waals surface area (Å²) < 4.78 is 5.79. The van der Waals surface area contributed by atoms with Gasteiger partial charge in [0.2, 0.25) is 0 Å². The van der Waals surface area contributed by atoms with Gasteiger partial charge in [-0.3, -0.25) is 0 Å². The summed E-state index contributed by atoms with van der Waals surface area (Å²) in [5.74, 6) is -0.320. The Morgan fingerprint density at radius 1 is 1.40 bits per heavy atom. The lowest BCUT2D eigenvalue weighted by atomic mass is 10.0. The van der Waals surface area contributed by atoms with Crippen molar-refractivity contribution in [1.29, 1.82) is 0 Å². The third-order valence-corrected chi connectivity index (χ3v) is 4.19. The summed E-state index contributed by atoms with van der Waals surface area (Å²) >= 11 is 0. The van der Waals surface area contributed by atoms with Crippen molar-refractivity contribution in [3.05, 3.63) is 23.3 Å². The molecule has 5 nitrogen and oxygen atoms in total. The minimum Gasteiger partial charge on any atom is -0.478 e. The van der Waals surface area contributed by atoms with Crippen molar-refractivity contribution < 1.29 is 14.6 Å². The van der Waals surface area contributed by atoms with Crippen LogP contribution in [0.25, 0.3) is 0 Å². The number of aryl methyl sites for hydroxylation is 1. The maximum absolute atomic E-state index is 11.2. The van der Waals surface area contributed by atoms with E-state index >= 15 is 0 Å². The number of ether oxygens (including phenoxy) is 1. The Bertz CT molecular complexity index is 540. The molecule has 1 aliphatic heterocycles. The van der Waals surface area contributed by atoms with Crippen molar-refractivity contribution in [2.75, 3.05) is 17.7 Å². The zero-order valence-electron chi connectivity index (χ0n) is 11.6. The molecule has 1 saturated heterocycles. The smallest absolute Gasteiger partial charge is 0.337 e. The van der Waals surface area contributed by atoms with Crippen LogP contribution < -0.4 is 11.1 Å². The molecule has 0 bridgehead atoms. The van der Waals surface area contributed by atoms with Gasteiger partial charge in [-0.2, -0.15) is 0 Å². The predicted octanol–water partition coefficient (Wildman–Crippen LogP) is 2.25. The van der Waals surface area contributed by atoms with E-state index in [2.05, 4.69) is 5.32 Å². The summed E-state index contributed by atoms with van der Waals surface area (Å²) in [7, 11) is 0. The number of rotatable bonds is 4. The Balaban J connectivity index is 1.81. The monoisotopic (exact) mass is 276 g/mol. The lowest BCUT2D eigenvalue weighted by Crippen LogP contribution is -2.31. The van der Waals surface area contributed by atoms with Gasteiger partial charge in [-0.25, -0.2) is 4.79 Å². The van der Waals surface area contributed by atoms with Gasteiger partial charge in [0, 0.05) is 18.0 Å². The van der Waals surface area contributed by atoms with Gasteiger partial charge in [0.15, 0.2) is 0 Å². The maximum atomic E-state index is 11.2. The number of anilines is 2. The fraction of sp³-hybridized carbons (Fsp3) is 0.533. The number of aromatic carboxylic acids is 1. The summed E-state index contributed by atoms with van der Waals surface area (Å²) in [5.41, 5.74) is 7.91. The van der Waals surface area contributed by atoms with Crippen LogP contribution in [0.15, 0.2) is 12.1 Å². The van der Waals surface area contributed by atoms with Crippen molar-refractivity contribution in [3.63, 3.8) is 0 Å². The number of hydrogen-bond acceptors (Lipinski definition) is 4. The van der Waals surface area contributed by atoms with E-state index in [1.54, 1.807) is 6.07 Å². The van der Waals surface area contributed by atoms with E-state index in [0.717, 1.165) is 24.3 Å². The summed E-state index contributed by atoms with van der Waals surface area (Å²) in [5, 5.41) is 12.6. The molecule has 1 aromatic rings. The summed E-state index contributed by atoms with van der Waals surface area (Å²) in [6, 6.07) is 3.80. The third kappa shape index (κ3) is 2.45. The highest BCUT2D eigenvalue weighted by atomic mass is 16.5. The molecule has 0 amide bonds. The Labute approximate surface area is 118 Å². The van der Waals surface area contributed by atoms with Crippen LogP contribution in [0.3, 0.4) is 0 Å². The first kappa shape index (κ1) is 13.2. The molecule has 2 unspecified atom stereocenters. The van der Waals surface area contributed by atoms with Crippen LogP contribution in [-0.2, 0) is 4.74 Å². The molecule has 0 aromatic heterocycles. The van der Waals surface area contributed by atoms with Crippen LogP contribution in [0.1, 0.15) is 35.2 Å². The molecule has 108 valence electrons. The Kier molecular flexibility index (Phi) is 3.30. The van der Waals surface area contributed by atoms with Crippen LogP contribution in [0.2, 0.25) is 0 Å². The molecule has 1 aromatic carbocycles. The quantitative estimate of drug-likeness (QED) is 0.734. The van der Waals surface area contributed by atoms with Crippen LogP contribution in [0, 0.1) is 12.8 Å². The average Bonchev–Trinajstić information content (AvgIpc) is 3.14. The van der Waals surface area contributed by atoms with E-state index in [0.29, 0.717) is 11.6 Å². The van der Waals surface area contributed by atoms with Crippen molar-refractivity contribution in [1.82, 2.24) is 0 Å². The SMILES string of the molecule is Cc1cc(NC2CCOC2C2CC2)cc(C(=O)O)c1N. The van der Waals surface area contributed by atoms with Gasteiger partial charge in [0.25, 0.3) is 0 Å². The summed E-state index contributed by atoms with van der Waals surface area (Å²) in [6.07, 6.45) is 3.71. The largest absolute Gasteiger partial charge is 0.478 e. The topological polar surface area (TPSA) is 84.6 Å². The minimum absolute atomic E-state index is 0.161. The van der Waals surface area contributed by atoms with Crippen LogP contribution >= 0.6 is 0 Å². The molecule has 1 heterocycles. The first-order valence-corrected chi connectivity index (χ1v) is 7.08. The molecule has 2 fully saturated rings. The first-order chi connectivity index (χ1) is 9.56. The molecule has 20 heavy (non-hydrogen) atoms. The molecular formula is C15H20N2O3.